The molecular weight excluding hydrogens is 336 g/mol. The number of aliphatic hydroxyl groups is 2. The summed E-state index contributed by atoms with van der Waals surface area (Å²) >= 11 is 0. The first-order valence-corrected chi connectivity index (χ1v) is 9.47. The molecule has 3 N–H and O–H groups in total. The Morgan fingerprint density at radius 1 is 1.17 bits per heavy atom. The van der Waals surface area contributed by atoms with Crippen molar-refractivity contribution in [2.45, 2.75) is 11.0 Å². The highest BCUT2D eigenvalue weighted by Crippen LogP contribution is 2.33. The van der Waals surface area contributed by atoms with Gasteiger partial charge in [-0.1, -0.05) is 0 Å². The molecule has 2 heterocycles. The number of hydrogen-bond acceptors (Lipinski definition) is 6. The van der Waals surface area contributed by atoms with E-state index < -0.39 is 16.1 Å². The number of quaternary nitrogens is 1. The minimum Gasteiger partial charge on any atom is -0.486 e. The van der Waals surface area contributed by atoms with Crippen molar-refractivity contribution >= 4 is 10.0 Å². The van der Waals surface area contributed by atoms with Crippen LogP contribution in [0.3, 0.4) is 0 Å². The molecule has 1 aromatic rings. The van der Waals surface area contributed by atoms with E-state index in [2.05, 4.69) is 0 Å². The SMILES string of the molecule is O=S(=O)(c1ccc2c(c1)OCCO2)N1CC[NH+](C[C@H](O)CO)CC1. The van der Waals surface area contributed by atoms with Gasteiger partial charge in [-0.3, -0.25) is 0 Å². The molecular formula is C15H23N2O6S+. The van der Waals surface area contributed by atoms with Gasteiger partial charge in [-0.15, -0.1) is 0 Å². The third-order valence-corrected chi connectivity index (χ3v) is 6.21. The van der Waals surface area contributed by atoms with Crippen molar-refractivity contribution in [3.05, 3.63) is 18.2 Å². The fourth-order valence-corrected chi connectivity index (χ4v) is 4.44. The zero-order chi connectivity index (χ0) is 17.2. The van der Waals surface area contributed by atoms with Crippen molar-refractivity contribution in [3.8, 4) is 11.5 Å². The minimum atomic E-state index is -3.58. The maximum absolute atomic E-state index is 12.8. The molecule has 9 heteroatoms. The molecule has 24 heavy (non-hydrogen) atoms. The maximum Gasteiger partial charge on any atom is 0.243 e. The molecule has 0 radical (unpaired) electrons. The molecule has 0 bridgehead atoms. The van der Waals surface area contributed by atoms with E-state index in [1.807, 2.05) is 0 Å². The van der Waals surface area contributed by atoms with E-state index >= 15 is 0 Å². The van der Waals surface area contributed by atoms with Crippen molar-refractivity contribution in [3.63, 3.8) is 0 Å². The highest BCUT2D eigenvalue weighted by atomic mass is 32.2. The van der Waals surface area contributed by atoms with Crippen molar-refractivity contribution < 1.29 is 33.0 Å². The zero-order valence-corrected chi connectivity index (χ0v) is 14.2. The Kier molecular flexibility index (Phi) is 5.26. The average Bonchev–Trinajstić information content (AvgIpc) is 2.61. The Hall–Kier alpha value is -1.39. The number of nitrogens with one attached hydrogen (secondary N) is 1. The molecule has 8 nitrogen and oxygen atoms in total. The standard InChI is InChI=1S/C15H22N2O6S/c18-11-12(19)10-16-3-5-17(6-4-16)24(20,21)13-1-2-14-15(9-13)23-8-7-22-14/h1-2,9,12,18-19H,3-8,10-11H2/p+1/t12-/m0/s1. The van der Waals surface area contributed by atoms with Gasteiger partial charge in [0, 0.05) is 6.07 Å². The third-order valence-electron chi connectivity index (χ3n) is 4.32. The van der Waals surface area contributed by atoms with Crippen molar-refractivity contribution in [1.29, 1.82) is 0 Å². The van der Waals surface area contributed by atoms with E-state index in [-0.39, 0.29) is 11.5 Å². The van der Waals surface area contributed by atoms with Crippen LogP contribution in [0.25, 0.3) is 0 Å². The highest BCUT2D eigenvalue weighted by Gasteiger charge is 2.32. The molecule has 3 rings (SSSR count). The smallest absolute Gasteiger partial charge is 0.243 e. The molecule has 2 aliphatic heterocycles. The lowest BCUT2D eigenvalue weighted by Gasteiger charge is -2.32. The Morgan fingerprint density at radius 2 is 1.83 bits per heavy atom. The first-order valence-electron chi connectivity index (χ1n) is 8.03. The summed E-state index contributed by atoms with van der Waals surface area (Å²) in [5.41, 5.74) is 0. The molecule has 134 valence electrons. The van der Waals surface area contributed by atoms with Gasteiger partial charge in [0.05, 0.1) is 37.7 Å². The Bertz CT molecular complexity index is 673. The lowest BCUT2D eigenvalue weighted by atomic mass is 10.3. The first kappa shape index (κ1) is 17.4. The summed E-state index contributed by atoms with van der Waals surface area (Å²) in [6.45, 7) is 2.97. The topological polar surface area (TPSA) is 101 Å². The zero-order valence-electron chi connectivity index (χ0n) is 13.3. The largest absolute Gasteiger partial charge is 0.486 e. The normalized spacial score (nSPS) is 20.8. The van der Waals surface area contributed by atoms with Crippen LogP contribution in [0.15, 0.2) is 23.1 Å². The number of rotatable bonds is 5. The van der Waals surface area contributed by atoms with Gasteiger partial charge in [0.15, 0.2) is 11.5 Å². The summed E-state index contributed by atoms with van der Waals surface area (Å²) < 4.78 is 37.9. The van der Waals surface area contributed by atoms with Crippen LogP contribution in [-0.2, 0) is 10.0 Å². The van der Waals surface area contributed by atoms with Crippen molar-refractivity contribution in [2.24, 2.45) is 0 Å². The molecule has 1 fully saturated rings. The molecule has 1 atom stereocenters. The summed E-state index contributed by atoms with van der Waals surface area (Å²) in [6.07, 6.45) is -0.763. The van der Waals surface area contributed by atoms with Crippen molar-refractivity contribution in [1.82, 2.24) is 4.31 Å². The highest BCUT2D eigenvalue weighted by molar-refractivity contribution is 7.89. The van der Waals surface area contributed by atoms with Crippen molar-refractivity contribution in [2.75, 3.05) is 52.5 Å². The molecule has 0 spiro atoms. The van der Waals surface area contributed by atoms with E-state index in [4.69, 9.17) is 14.6 Å². The third kappa shape index (κ3) is 3.65. The predicted molar refractivity (Wildman–Crippen MR) is 84.8 cm³/mol. The number of fused-ring (bicyclic) bond motifs is 1. The molecule has 0 aliphatic carbocycles. The lowest BCUT2D eigenvalue weighted by molar-refractivity contribution is -0.906. The van der Waals surface area contributed by atoms with E-state index in [1.54, 1.807) is 6.07 Å². The molecule has 1 saturated heterocycles. The summed E-state index contributed by atoms with van der Waals surface area (Å²) in [7, 11) is -3.58. The molecule has 0 saturated carbocycles. The number of hydrogen-bond donors (Lipinski definition) is 3. The first-order chi connectivity index (χ1) is 11.5. The molecule has 0 aromatic heterocycles. The second-order valence-corrected chi connectivity index (χ2v) is 7.94. The average molecular weight is 359 g/mol. The summed E-state index contributed by atoms with van der Waals surface area (Å²) in [4.78, 5) is 1.29. The van der Waals surface area contributed by atoms with Crippen LogP contribution < -0.4 is 14.4 Å². The van der Waals surface area contributed by atoms with E-state index in [9.17, 15) is 13.5 Å². The molecule has 1 aromatic carbocycles. The quantitative estimate of drug-likeness (QED) is 0.547. The number of piperazine rings is 1. The van der Waals surface area contributed by atoms with Crippen LogP contribution in [0, 0.1) is 0 Å². The fraction of sp³-hybridized carbons (Fsp3) is 0.600. The van der Waals surface area contributed by atoms with Crippen LogP contribution in [-0.4, -0.2) is 81.6 Å². The van der Waals surface area contributed by atoms with E-state index in [0.29, 0.717) is 57.4 Å². The summed E-state index contributed by atoms with van der Waals surface area (Å²) in [5, 5.41) is 18.4. The number of nitrogens with zero attached hydrogens (tertiary/aromatic N) is 1. The number of benzene rings is 1. The number of ether oxygens (including phenoxy) is 2. The summed E-state index contributed by atoms with van der Waals surface area (Å²) in [6, 6.07) is 4.68. The van der Waals surface area contributed by atoms with E-state index in [1.165, 1.54) is 16.4 Å². The van der Waals surface area contributed by atoms with Crippen LogP contribution in [0.5, 0.6) is 11.5 Å². The Morgan fingerprint density at radius 3 is 2.50 bits per heavy atom. The Balaban J connectivity index is 1.68. The molecule has 2 aliphatic rings. The second-order valence-electron chi connectivity index (χ2n) is 6.00. The maximum atomic E-state index is 12.8. The van der Waals surface area contributed by atoms with Crippen LogP contribution in [0.2, 0.25) is 0 Å². The van der Waals surface area contributed by atoms with Gasteiger partial charge >= 0.3 is 0 Å². The molecule has 0 unspecified atom stereocenters. The van der Waals surface area contributed by atoms with Gasteiger partial charge in [0.25, 0.3) is 0 Å². The van der Waals surface area contributed by atoms with Crippen LogP contribution in [0.1, 0.15) is 0 Å². The Labute approximate surface area is 141 Å². The number of sulfonamides is 1. The van der Waals surface area contributed by atoms with Gasteiger partial charge in [-0.25, -0.2) is 8.42 Å². The number of aliphatic hydroxyl groups excluding tert-OH is 2. The molecule has 0 amide bonds. The van der Waals surface area contributed by atoms with Crippen LogP contribution in [0.4, 0.5) is 0 Å². The lowest BCUT2D eigenvalue weighted by Crippen LogP contribution is -3.15. The fourth-order valence-electron chi connectivity index (χ4n) is 2.98. The van der Waals surface area contributed by atoms with Crippen LogP contribution >= 0.6 is 0 Å². The monoisotopic (exact) mass is 359 g/mol. The van der Waals surface area contributed by atoms with Gasteiger partial charge in [0.2, 0.25) is 10.0 Å². The van der Waals surface area contributed by atoms with Gasteiger partial charge in [0.1, 0.15) is 25.9 Å². The second kappa shape index (κ2) is 7.24. The van der Waals surface area contributed by atoms with E-state index in [0.717, 1.165) is 4.90 Å². The summed E-state index contributed by atoms with van der Waals surface area (Å²) in [5.74, 6) is 1.02. The minimum absolute atomic E-state index is 0.200. The predicted octanol–water partition coefficient (Wildman–Crippen LogP) is -2.30. The van der Waals surface area contributed by atoms with Gasteiger partial charge in [-0.05, 0) is 12.1 Å². The van der Waals surface area contributed by atoms with Gasteiger partial charge in [-0.2, -0.15) is 4.31 Å². The van der Waals surface area contributed by atoms with Gasteiger partial charge < -0.3 is 24.6 Å².